The predicted molar refractivity (Wildman–Crippen MR) is 102 cm³/mol. The maximum atomic E-state index is 13.0. The zero-order chi connectivity index (χ0) is 19.3. The van der Waals surface area contributed by atoms with Crippen LogP contribution in [0.5, 0.6) is 5.75 Å². The zero-order valence-corrected chi connectivity index (χ0v) is 16.1. The third-order valence-corrected chi connectivity index (χ3v) is 5.35. The van der Waals surface area contributed by atoms with Crippen LogP contribution >= 0.6 is 0 Å². The lowest BCUT2D eigenvalue weighted by Gasteiger charge is -2.34. The van der Waals surface area contributed by atoms with Gasteiger partial charge in [0.2, 0.25) is 11.9 Å². The van der Waals surface area contributed by atoms with Gasteiger partial charge < -0.3 is 4.74 Å². The van der Waals surface area contributed by atoms with E-state index in [1.165, 1.54) is 9.80 Å². The molecule has 1 aromatic rings. The number of aryl methyl sites for hydroxylation is 1. The summed E-state index contributed by atoms with van der Waals surface area (Å²) in [5, 5.41) is 0. The number of likely N-dealkylation sites (N-methyl/N-ethyl adjacent to an activating group) is 2. The van der Waals surface area contributed by atoms with Crippen molar-refractivity contribution in [3.8, 4) is 5.75 Å². The Morgan fingerprint density at radius 1 is 1.33 bits per heavy atom. The van der Waals surface area contributed by atoms with E-state index >= 15 is 0 Å². The normalized spacial score (nSPS) is 22.1. The average Bonchev–Trinajstić information content (AvgIpc) is 3.06. The Morgan fingerprint density at radius 2 is 2.11 bits per heavy atom. The van der Waals surface area contributed by atoms with Crippen molar-refractivity contribution in [1.29, 1.82) is 0 Å². The standard InChI is InChI=1S/C19H24N5O3/c1-5-22-17(25)15-16(21(3)19(22)26)20-18-23(9-6-10-24(15)18)13-11-12(2)7-8-14(13)27-4/h7-8,11,15H,5-6,9-10H2,1-4H3/q+1. The summed E-state index contributed by atoms with van der Waals surface area (Å²) in [6, 6.07) is 5.15. The van der Waals surface area contributed by atoms with Crippen molar-refractivity contribution in [2.24, 2.45) is 4.99 Å². The zero-order valence-electron chi connectivity index (χ0n) is 16.1. The summed E-state index contributed by atoms with van der Waals surface area (Å²) < 4.78 is 7.56. The van der Waals surface area contributed by atoms with Crippen LogP contribution in [0.15, 0.2) is 23.2 Å². The molecule has 3 aliphatic heterocycles. The van der Waals surface area contributed by atoms with E-state index in [0.29, 0.717) is 18.3 Å². The van der Waals surface area contributed by atoms with Crippen molar-refractivity contribution in [2.45, 2.75) is 26.3 Å². The third-order valence-electron chi connectivity index (χ3n) is 5.35. The second kappa shape index (κ2) is 6.37. The van der Waals surface area contributed by atoms with Crippen LogP contribution in [-0.2, 0) is 4.79 Å². The van der Waals surface area contributed by atoms with Crippen LogP contribution in [0.1, 0.15) is 18.9 Å². The van der Waals surface area contributed by atoms with E-state index in [2.05, 4.69) is 11.0 Å². The molecular weight excluding hydrogens is 346 g/mol. The minimum Gasteiger partial charge on any atom is -0.493 e. The highest BCUT2D eigenvalue weighted by Crippen LogP contribution is 2.33. The van der Waals surface area contributed by atoms with E-state index in [1.54, 1.807) is 14.2 Å². The Labute approximate surface area is 158 Å². The number of urea groups is 1. The van der Waals surface area contributed by atoms with Crippen LogP contribution in [0, 0.1) is 6.92 Å². The van der Waals surface area contributed by atoms with Crippen LogP contribution in [-0.4, -0.2) is 77.9 Å². The molecular formula is C19H24N5O3+. The number of nitrogens with zero attached hydrogens (tertiary/aromatic N) is 5. The first-order valence-corrected chi connectivity index (χ1v) is 9.21. The number of anilines is 1. The first-order valence-electron chi connectivity index (χ1n) is 9.21. The Morgan fingerprint density at radius 3 is 2.81 bits per heavy atom. The molecule has 3 aliphatic rings. The Hall–Kier alpha value is -2.90. The molecule has 1 atom stereocenters. The van der Waals surface area contributed by atoms with Gasteiger partial charge in [-0.15, -0.1) is 0 Å². The molecule has 3 amide bonds. The van der Waals surface area contributed by atoms with Crippen LogP contribution in [0.25, 0.3) is 0 Å². The SMILES string of the molecule is CCN1C(=O)C2C(=NC3=[N+]2CCCN3c2cc(C)ccc2OC)N(C)C1=O. The monoisotopic (exact) mass is 370 g/mol. The number of rotatable bonds is 3. The molecule has 0 spiro atoms. The van der Waals surface area contributed by atoms with Gasteiger partial charge in [0.15, 0.2) is 5.75 Å². The van der Waals surface area contributed by atoms with Crippen LogP contribution in [0.2, 0.25) is 0 Å². The number of guanidine groups is 1. The van der Waals surface area contributed by atoms with E-state index in [-0.39, 0.29) is 11.9 Å². The summed E-state index contributed by atoms with van der Waals surface area (Å²) >= 11 is 0. The first kappa shape index (κ1) is 17.5. The molecule has 8 nitrogen and oxygen atoms in total. The Kier molecular flexibility index (Phi) is 4.13. The molecule has 0 radical (unpaired) electrons. The predicted octanol–water partition coefficient (Wildman–Crippen LogP) is 1.28. The van der Waals surface area contributed by atoms with Crippen molar-refractivity contribution in [1.82, 2.24) is 9.80 Å². The molecule has 0 aromatic heterocycles. The average molecular weight is 370 g/mol. The van der Waals surface area contributed by atoms with Crippen LogP contribution < -0.4 is 9.64 Å². The lowest BCUT2D eigenvalue weighted by molar-refractivity contribution is -0.539. The Bertz CT molecular complexity index is 891. The molecule has 0 bridgehead atoms. The van der Waals surface area contributed by atoms with Crippen molar-refractivity contribution in [2.75, 3.05) is 38.7 Å². The number of ether oxygens (including phenoxy) is 1. The topological polar surface area (TPSA) is 68.5 Å². The first-order chi connectivity index (χ1) is 13.0. The van der Waals surface area contributed by atoms with E-state index in [4.69, 9.17) is 9.73 Å². The highest BCUT2D eigenvalue weighted by Gasteiger charge is 2.54. The van der Waals surface area contributed by atoms with E-state index in [1.807, 2.05) is 30.6 Å². The number of imide groups is 1. The van der Waals surface area contributed by atoms with Crippen molar-refractivity contribution in [3.05, 3.63) is 23.8 Å². The van der Waals surface area contributed by atoms with Crippen LogP contribution in [0.4, 0.5) is 10.5 Å². The molecule has 1 saturated heterocycles. The molecule has 3 heterocycles. The largest absolute Gasteiger partial charge is 0.493 e. The van der Waals surface area contributed by atoms with Gasteiger partial charge in [-0.25, -0.2) is 14.3 Å². The molecule has 27 heavy (non-hydrogen) atoms. The lowest BCUT2D eigenvalue weighted by Crippen LogP contribution is -2.63. The summed E-state index contributed by atoms with van der Waals surface area (Å²) in [7, 11) is 3.33. The number of hydrogen-bond donors (Lipinski definition) is 0. The molecule has 1 fully saturated rings. The number of carbonyl (C=O) groups is 2. The number of carbonyl (C=O) groups excluding carboxylic acids is 2. The number of fused-ring (bicyclic) bond motifs is 2. The molecule has 4 rings (SSSR count). The number of aliphatic imine (C=N–C) groups is 1. The summed E-state index contributed by atoms with van der Waals surface area (Å²) in [6.07, 6.45) is 0.886. The highest BCUT2D eigenvalue weighted by molar-refractivity contribution is 6.24. The van der Waals surface area contributed by atoms with Crippen molar-refractivity contribution < 1.29 is 18.9 Å². The van der Waals surface area contributed by atoms with Crippen molar-refractivity contribution in [3.63, 3.8) is 0 Å². The highest BCUT2D eigenvalue weighted by atomic mass is 16.5. The van der Waals surface area contributed by atoms with Gasteiger partial charge in [-0.3, -0.25) is 14.6 Å². The molecule has 0 aliphatic carbocycles. The van der Waals surface area contributed by atoms with E-state index in [0.717, 1.165) is 36.5 Å². The summed E-state index contributed by atoms with van der Waals surface area (Å²) in [5.74, 6) is 1.77. The number of hydrogen-bond acceptors (Lipinski definition) is 5. The minimum atomic E-state index is -0.541. The summed E-state index contributed by atoms with van der Waals surface area (Å²) in [6.45, 7) is 5.70. The smallest absolute Gasteiger partial charge is 0.397 e. The van der Waals surface area contributed by atoms with Gasteiger partial charge in [0, 0.05) is 20.0 Å². The molecule has 1 aromatic carbocycles. The molecule has 1 unspecified atom stereocenters. The summed E-state index contributed by atoms with van der Waals surface area (Å²) in [4.78, 5) is 35.1. The van der Waals surface area contributed by atoms with E-state index in [9.17, 15) is 9.59 Å². The number of benzene rings is 1. The van der Waals surface area contributed by atoms with Gasteiger partial charge in [-0.05, 0) is 31.5 Å². The lowest BCUT2D eigenvalue weighted by atomic mass is 10.1. The van der Waals surface area contributed by atoms with Gasteiger partial charge >= 0.3 is 12.0 Å². The fourth-order valence-corrected chi connectivity index (χ4v) is 3.98. The maximum absolute atomic E-state index is 13.0. The van der Waals surface area contributed by atoms with Gasteiger partial charge in [-0.2, -0.15) is 0 Å². The van der Waals surface area contributed by atoms with Gasteiger partial charge in [0.1, 0.15) is 5.69 Å². The minimum absolute atomic E-state index is 0.201. The van der Waals surface area contributed by atoms with Gasteiger partial charge in [0.25, 0.3) is 5.91 Å². The van der Waals surface area contributed by atoms with Crippen LogP contribution in [0.3, 0.4) is 0 Å². The Balaban J connectivity index is 1.82. The molecule has 0 saturated carbocycles. The second-order valence-corrected chi connectivity index (χ2v) is 6.97. The third kappa shape index (κ3) is 2.50. The van der Waals surface area contributed by atoms with Crippen molar-refractivity contribution >= 4 is 29.4 Å². The number of amides is 3. The number of methoxy groups -OCH3 is 1. The fourth-order valence-electron chi connectivity index (χ4n) is 3.98. The second-order valence-electron chi connectivity index (χ2n) is 6.97. The molecule has 142 valence electrons. The van der Waals surface area contributed by atoms with E-state index < -0.39 is 6.04 Å². The summed E-state index contributed by atoms with van der Waals surface area (Å²) in [5.41, 5.74) is 2.04. The van der Waals surface area contributed by atoms with Gasteiger partial charge in [-0.1, -0.05) is 11.1 Å². The molecule has 8 heteroatoms. The fraction of sp³-hybridized carbons (Fsp3) is 0.474. The maximum Gasteiger partial charge on any atom is 0.397 e. The molecule has 0 N–H and O–H groups in total. The number of amidine groups is 1. The quantitative estimate of drug-likeness (QED) is 0.752. The van der Waals surface area contributed by atoms with Gasteiger partial charge in [0.05, 0.1) is 20.2 Å².